The number of ether oxygens (including phenoxy) is 1. The zero-order chi connectivity index (χ0) is 21.0. The van der Waals surface area contributed by atoms with Crippen molar-refractivity contribution in [1.82, 2.24) is 9.91 Å². The third kappa shape index (κ3) is 5.27. The van der Waals surface area contributed by atoms with Crippen molar-refractivity contribution in [2.24, 2.45) is 5.10 Å². The highest BCUT2D eigenvalue weighted by atomic mass is 32.2. The van der Waals surface area contributed by atoms with Gasteiger partial charge in [0.15, 0.2) is 11.5 Å². The Morgan fingerprint density at radius 2 is 1.72 bits per heavy atom. The van der Waals surface area contributed by atoms with Gasteiger partial charge in [-0.05, 0) is 61.9 Å². The van der Waals surface area contributed by atoms with Gasteiger partial charge in [0, 0.05) is 26.2 Å². The van der Waals surface area contributed by atoms with Gasteiger partial charge in [-0.15, -0.1) is 0 Å². The van der Waals surface area contributed by atoms with Crippen molar-refractivity contribution < 1.29 is 17.3 Å². The molecule has 7 nitrogen and oxygen atoms in total. The third-order valence-corrected chi connectivity index (χ3v) is 6.23. The van der Waals surface area contributed by atoms with E-state index in [9.17, 15) is 8.42 Å². The molecule has 1 fully saturated rings. The van der Waals surface area contributed by atoms with Crippen molar-refractivity contribution in [3.63, 3.8) is 0 Å². The molecule has 1 saturated heterocycles. The predicted molar refractivity (Wildman–Crippen MR) is 113 cm³/mol. The van der Waals surface area contributed by atoms with E-state index in [-0.39, 0.29) is 10.6 Å². The predicted octanol–water partition coefficient (Wildman–Crippen LogP) is 2.66. The van der Waals surface area contributed by atoms with Crippen LogP contribution in [0.4, 0.5) is 0 Å². The number of likely N-dealkylation sites (N-methyl/N-ethyl adjacent to an activating group) is 1. The van der Waals surface area contributed by atoms with Gasteiger partial charge in [0.2, 0.25) is 0 Å². The second-order valence-electron chi connectivity index (χ2n) is 7.22. The molecular formula is C21H27N3O4S. The first-order chi connectivity index (χ1) is 13.8. The molecule has 0 aliphatic carbocycles. The van der Waals surface area contributed by atoms with E-state index in [0.717, 1.165) is 37.3 Å². The normalized spacial score (nSPS) is 15.7. The summed E-state index contributed by atoms with van der Waals surface area (Å²) in [5.41, 5.74) is 2.28. The lowest BCUT2D eigenvalue weighted by atomic mass is 10.2. The van der Waals surface area contributed by atoms with Crippen LogP contribution in [0.5, 0.6) is 11.5 Å². The Morgan fingerprint density at radius 1 is 1.00 bits per heavy atom. The minimum atomic E-state index is -3.97. The number of hydrogen-bond donors (Lipinski definition) is 0. The Hall–Kier alpha value is -2.58. The van der Waals surface area contributed by atoms with Crippen molar-refractivity contribution in [3.05, 3.63) is 53.1 Å². The average molecular weight is 418 g/mol. The SMILES string of the molecule is COc1cc(/C=N/N2CCN(C)CC2)ccc1OS(=O)(=O)c1cc(C)ccc1C. The van der Waals surface area contributed by atoms with Crippen molar-refractivity contribution in [2.75, 3.05) is 40.3 Å². The quantitative estimate of drug-likeness (QED) is 0.532. The van der Waals surface area contributed by atoms with E-state index < -0.39 is 10.1 Å². The largest absolute Gasteiger partial charge is 0.493 e. The zero-order valence-corrected chi connectivity index (χ0v) is 18.1. The number of hydrogen-bond acceptors (Lipinski definition) is 7. The van der Waals surface area contributed by atoms with Gasteiger partial charge in [0.1, 0.15) is 4.90 Å². The summed E-state index contributed by atoms with van der Waals surface area (Å²) >= 11 is 0. The Kier molecular flexibility index (Phi) is 6.44. The van der Waals surface area contributed by atoms with Crippen LogP contribution in [-0.4, -0.2) is 64.9 Å². The van der Waals surface area contributed by atoms with Gasteiger partial charge >= 0.3 is 10.1 Å². The number of nitrogens with zero attached hydrogens (tertiary/aromatic N) is 3. The summed E-state index contributed by atoms with van der Waals surface area (Å²) in [6.07, 6.45) is 1.75. The van der Waals surface area contributed by atoms with E-state index >= 15 is 0 Å². The van der Waals surface area contributed by atoms with Gasteiger partial charge in [0.05, 0.1) is 13.3 Å². The van der Waals surface area contributed by atoms with E-state index in [4.69, 9.17) is 8.92 Å². The van der Waals surface area contributed by atoms with Crippen LogP contribution < -0.4 is 8.92 Å². The van der Waals surface area contributed by atoms with Crippen LogP contribution in [0.3, 0.4) is 0 Å². The lowest BCUT2D eigenvalue weighted by molar-refractivity contribution is 0.159. The van der Waals surface area contributed by atoms with Gasteiger partial charge in [0.25, 0.3) is 0 Å². The van der Waals surface area contributed by atoms with Crippen LogP contribution in [0, 0.1) is 13.8 Å². The topological polar surface area (TPSA) is 71.4 Å². The van der Waals surface area contributed by atoms with E-state index in [2.05, 4.69) is 17.0 Å². The highest BCUT2D eigenvalue weighted by molar-refractivity contribution is 7.87. The standard InChI is InChI=1S/C21H27N3O4S/c1-16-5-6-17(2)21(13-16)29(25,26)28-19-8-7-18(14-20(19)27-4)15-22-24-11-9-23(3)10-12-24/h5-8,13-15H,9-12H2,1-4H3/b22-15+. The number of rotatable bonds is 6. The first-order valence-electron chi connectivity index (χ1n) is 9.46. The Morgan fingerprint density at radius 3 is 2.41 bits per heavy atom. The summed E-state index contributed by atoms with van der Waals surface area (Å²) in [7, 11) is -0.399. The molecule has 2 aromatic rings. The van der Waals surface area contributed by atoms with Gasteiger partial charge in [-0.1, -0.05) is 12.1 Å². The molecule has 2 aromatic carbocycles. The molecule has 0 aromatic heterocycles. The van der Waals surface area contributed by atoms with Gasteiger partial charge in [-0.2, -0.15) is 13.5 Å². The fourth-order valence-corrected chi connectivity index (χ4v) is 4.29. The molecule has 0 spiro atoms. The Labute approximate surface area is 172 Å². The summed E-state index contributed by atoms with van der Waals surface area (Å²) in [4.78, 5) is 2.41. The van der Waals surface area contributed by atoms with Gasteiger partial charge < -0.3 is 13.8 Å². The Balaban J connectivity index is 1.79. The van der Waals surface area contributed by atoms with Crippen LogP contribution in [0.1, 0.15) is 16.7 Å². The third-order valence-electron chi connectivity index (χ3n) is 4.85. The minimum Gasteiger partial charge on any atom is -0.493 e. The van der Waals surface area contributed by atoms with E-state index in [1.54, 1.807) is 43.5 Å². The number of aryl methyl sites for hydroxylation is 2. The van der Waals surface area contributed by atoms with Crippen LogP contribution in [0.2, 0.25) is 0 Å². The van der Waals surface area contributed by atoms with Crippen LogP contribution in [-0.2, 0) is 10.1 Å². The molecule has 3 rings (SSSR count). The molecule has 8 heteroatoms. The fourth-order valence-electron chi connectivity index (χ4n) is 3.03. The second kappa shape index (κ2) is 8.84. The molecular weight excluding hydrogens is 390 g/mol. The lowest BCUT2D eigenvalue weighted by Gasteiger charge is -2.30. The minimum absolute atomic E-state index is 0.144. The lowest BCUT2D eigenvalue weighted by Crippen LogP contribution is -2.41. The number of hydrazone groups is 1. The van der Waals surface area contributed by atoms with E-state index in [1.807, 2.05) is 18.0 Å². The molecule has 1 aliphatic heterocycles. The maximum Gasteiger partial charge on any atom is 0.339 e. The molecule has 0 amide bonds. The number of benzene rings is 2. The molecule has 0 radical (unpaired) electrons. The fraction of sp³-hybridized carbons (Fsp3) is 0.381. The Bertz CT molecular complexity index is 997. The first kappa shape index (κ1) is 21.1. The summed E-state index contributed by atoms with van der Waals surface area (Å²) in [5.74, 6) is 0.478. The molecule has 0 atom stereocenters. The molecule has 156 valence electrons. The smallest absolute Gasteiger partial charge is 0.339 e. The second-order valence-corrected chi connectivity index (χ2v) is 8.73. The van der Waals surface area contributed by atoms with Crippen molar-refractivity contribution in [1.29, 1.82) is 0 Å². The van der Waals surface area contributed by atoms with Gasteiger partial charge in [-0.3, -0.25) is 5.01 Å². The van der Waals surface area contributed by atoms with Crippen molar-refractivity contribution in [2.45, 2.75) is 18.7 Å². The van der Waals surface area contributed by atoms with Crippen molar-refractivity contribution >= 4 is 16.3 Å². The highest BCUT2D eigenvalue weighted by Gasteiger charge is 2.21. The zero-order valence-electron chi connectivity index (χ0n) is 17.3. The molecule has 29 heavy (non-hydrogen) atoms. The van der Waals surface area contributed by atoms with Crippen molar-refractivity contribution in [3.8, 4) is 11.5 Å². The van der Waals surface area contributed by atoms with Crippen LogP contribution in [0.15, 0.2) is 46.4 Å². The first-order valence-corrected chi connectivity index (χ1v) is 10.9. The molecule has 0 saturated carbocycles. The van der Waals surface area contributed by atoms with E-state index in [1.165, 1.54) is 7.11 Å². The number of piperazine rings is 1. The molecule has 0 N–H and O–H groups in total. The van der Waals surface area contributed by atoms with Crippen LogP contribution in [0.25, 0.3) is 0 Å². The average Bonchev–Trinajstić information content (AvgIpc) is 2.70. The molecule has 1 aliphatic rings. The molecule has 0 unspecified atom stereocenters. The maximum absolute atomic E-state index is 12.8. The highest BCUT2D eigenvalue weighted by Crippen LogP contribution is 2.31. The summed E-state index contributed by atoms with van der Waals surface area (Å²) in [5, 5.41) is 6.52. The summed E-state index contributed by atoms with van der Waals surface area (Å²) in [6.45, 7) is 7.28. The van der Waals surface area contributed by atoms with E-state index in [0.29, 0.717) is 11.3 Å². The molecule has 1 heterocycles. The monoisotopic (exact) mass is 417 g/mol. The number of methoxy groups -OCH3 is 1. The summed E-state index contributed by atoms with van der Waals surface area (Å²) in [6, 6.07) is 10.3. The maximum atomic E-state index is 12.8. The van der Waals surface area contributed by atoms with Gasteiger partial charge in [-0.25, -0.2) is 0 Å². The van der Waals surface area contributed by atoms with Crippen LogP contribution >= 0.6 is 0 Å². The molecule has 0 bridgehead atoms. The summed E-state index contributed by atoms with van der Waals surface area (Å²) < 4.78 is 36.3.